The van der Waals surface area contributed by atoms with Gasteiger partial charge in [-0.15, -0.1) is 0 Å². The predicted molar refractivity (Wildman–Crippen MR) is 76.5 cm³/mol. The van der Waals surface area contributed by atoms with E-state index in [-0.39, 0.29) is 11.8 Å². The Hall–Kier alpha value is -1.59. The molecule has 0 amide bonds. The Morgan fingerprint density at radius 2 is 2.16 bits per heavy atom. The maximum Gasteiger partial charge on any atom is 0.173 e. The molecule has 2 aromatic rings. The van der Waals surface area contributed by atoms with Gasteiger partial charge in [-0.25, -0.2) is 8.42 Å². The van der Waals surface area contributed by atoms with Crippen molar-refractivity contribution in [1.29, 1.82) is 0 Å². The monoisotopic (exact) mass is 276 g/mol. The molecule has 2 heterocycles. The first-order chi connectivity index (χ1) is 9.05. The highest BCUT2D eigenvalue weighted by Gasteiger charge is 2.21. The zero-order valence-corrected chi connectivity index (χ0v) is 11.5. The Labute approximate surface area is 112 Å². The summed E-state index contributed by atoms with van der Waals surface area (Å²) in [5.74, 6) is 0.164. The van der Waals surface area contributed by atoms with Crippen molar-refractivity contribution in [2.75, 3.05) is 5.75 Å². The summed E-state index contributed by atoms with van der Waals surface area (Å²) in [7, 11) is -0.966. The van der Waals surface area contributed by atoms with Crippen molar-refractivity contribution in [3.63, 3.8) is 0 Å². The van der Waals surface area contributed by atoms with Crippen LogP contribution in [0.3, 0.4) is 0 Å². The molecule has 0 fully saturated rings. The van der Waals surface area contributed by atoms with Crippen LogP contribution in [0.4, 0.5) is 0 Å². The summed E-state index contributed by atoms with van der Waals surface area (Å²) >= 11 is 0. The Morgan fingerprint density at radius 3 is 2.89 bits per heavy atom. The summed E-state index contributed by atoms with van der Waals surface area (Å²) in [4.78, 5) is 0. The normalized spacial score (nSPS) is 21.2. The van der Waals surface area contributed by atoms with Crippen LogP contribution in [0, 0.1) is 0 Å². The first kappa shape index (κ1) is 12.4. The molecule has 1 N–H and O–H groups in total. The van der Waals surface area contributed by atoms with Crippen LogP contribution < -0.4 is 5.32 Å². The number of nitrogens with one attached hydrogen (secondary N) is 1. The van der Waals surface area contributed by atoms with Crippen LogP contribution in [0.1, 0.15) is 5.56 Å². The molecule has 0 saturated carbocycles. The number of nitrogens with zero attached hydrogens (tertiary/aromatic N) is 1. The quantitative estimate of drug-likeness (QED) is 0.926. The fourth-order valence-corrected chi connectivity index (χ4v) is 3.78. The molecule has 0 aliphatic carbocycles. The van der Waals surface area contributed by atoms with E-state index in [0.717, 1.165) is 0 Å². The fraction of sp³-hybridized carbons (Fsp3) is 0.286. The molecule has 1 aromatic carbocycles. The summed E-state index contributed by atoms with van der Waals surface area (Å²) < 4.78 is 24.8. The van der Waals surface area contributed by atoms with Gasteiger partial charge in [0.2, 0.25) is 0 Å². The highest BCUT2D eigenvalue weighted by molar-refractivity contribution is 7.94. The maximum absolute atomic E-state index is 11.3. The van der Waals surface area contributed by atoms with E-state index in [4.69, 9.17) is 0 Å². The van der Waals surface area contributed by atoms with Gasteiger partial charge in [-0.2, -0.15) is 0 Å². The van der Waals surface area contributed by atoms with Crippen molar-refractivity contribution in [3.05, 3.63) is 47.5 Å². The molecule has 3 rings (SSSR count). The lowest BCUT2D eigenvalue weighted by atomic mass is 10.1. The molecule has 5 heteroatoms. The zero-order valence-electron chi connectivity index (χ0n) is 10.7. The number of hydrogen-bond acceptors (Lipinski definition) is 3. The van der Waals surface area contributed by atoms with Crippen LogP contribution in [0.15, 0.2) is 41.9 Å². The van der Waals surface area contributed by atoms with Gasteiger partial charge in [-0.3, -0.25) is 0 Å². The van der Waals surface area contributed by atoms with E-state index in [9.17, 15) is 8.42 Å². The topological polar surface area (TPSA) is 51.1 Å². The Morgan fingerprint density at radius 1 is 1.37 bits per heavy atom. The molecule has 0 radical (unpaired) electrons. The second kappa shape index (κ2) is 4.51. The van der Waals surface area contributed by atoms with E-state index in [2.05, 4.69) is 28.2 Å². The summed E-state index contributed by atoms with van der Waals surface area (Å²) in [5, 5.41) is 5.79. The molecule has 0 saturated heterocycles. The molecule has 1 aliphatic heterocycles. The highest BCUT2D eigenvalue weighted by atomic mass is 32.2. The molecule has 19 heavy (non-hydrogen) atoms. The lowest BCUT2D eigenvalue weighted by Crippen LogP contribution is -2.29. The zero-order chi connectivity index (χ0) is 13.5. The maximum atomic E-state index is 11.3. The lowest BCUT2D eigenvalue weighted by molar-refractivity contribution is 0.590. The molecular formula is C14H16N2O2S. The first-order valence-corrected chi connectivity index (χ1v) is 7.94. The number of hydrogen-bond donors (Lipinski definition) is 1. The van der Waals surface area contributed by atoms with Gasteiger partial charge in [0.15, 0.2) is 9.84 Å². The van der Waals surface area contributed by atoms with Crippen molar-refractivity contribution in [3.8, 4) is 0 Å². The predicted octanol–water partition coefficient (Wildman–Crippen LogP) is 1.58. The summed E-state index contributed by atoms with van der Waals surface area (Å²) in [5.41, 5.74) is 2.38. The van der Waals surface area contributed by atoms with Crippen LogP contribution in [0.25, 0.3) is 10.9 Å². The van der Waals surface area contributed by atoms with Crippen LogP contribution >= 0.6 is 0 Å². The third-order valence-electron chi connectivity index (χ3n) is 3.46. The summed E-state index contributed by atoms with van der Waals surface area (Å²) in [6.07, 6.45) is 3.81. The van der Waals surface area contributed by atoms with Crippen molar-refractivity contribution in [1.82, 2.24) is 9.88 Å². The Balaban J connectivity index is 1.78. The van der Waals surface area contributed by atoms with Gasteiger partial charge in [-0.05, 0) is 11.6 Å². The smallest absolute Gasteiger partial charge is 0.173 e. The van der Waals surface area contributed by atoms with Gasteiger partial charge in [0.25, 0.3) is 0 Å². The third kappa shape index (κ3) is 2.43. The van der Waals surface area contributed by atoms with E-state index in [1.165, 1.54) is 21.9 Å². The number of benzene rings is 1. The molecule has 1 aromatic heterocycles. The van der Waals surface area contributed by atoms with Crippen molar-refractivity contribution in [2.45, 2.75) is 12.6 Å². The van der Waals surface area contributed by atoms with E-state index in [1.54, 1.807) is 6.08 Å². The molecule has 0 spiro atoms. The third-order valence-corrected chi connectivity index (χ3v) is 4.86. The number of aromatic nitrogens is 1. The average Bonchev–Trinajstić information content (AvgIpc) is 2.88. The fourth-order valence-electron chi connectivity index (χ4n) is 2.51. The van der Waals surface area contributed by atoms with E-state index in [1.807, 2.05) is 19.2 Å². The van der Waals surface area contributed by atoms with E-state index >= 15 is 0 Å². The molecule has 1 unspecified atom stereocenters. The van der Waals surface area contributed by atoms with Gasteiger partial charge in [0.05, 0.1) is 5.75 Å². The molecule has 1 aliphatic rings. The van der Waals surface area contributed by atoms with Crippen LogP contribution in [-0.4, -0.2) is 24.8 Å². The minimum atomic E-state index is -2.99. The second-order valence-electron chi connectivity index (χ2n) is 4.93. The van der Waals surface area contributed by atoms with Crippen LogP contribution in [-0.2, 0) is 23.4 Å². The average molecular weight is 276 g/mol. The highest BCUT2D eigenvalue weighted by Crippen LogP contribution is 2.20. The van der Waals surface area contributed by atoms with E-state index in [0.29, 0.717) is 6.54 Å². The Kier molecular flexibility index (Phi) is 2.95. The number of para-hydroxylation sites is 1. The number of rotatable bonds is 3. The second-order valence-corrected chi connectivity index (χ2v) is 6.86. The number of sulfone groups is 1. The van der Waals surface area contributed by atoms with Crippen molar-refractivity contribution < 1.29 is 8.42 Å². The number of fused-ring (bicyclic) bond motifs is 1. The largest absolute Gasteiger partial charge is 0.350 e. The summed E-state index contributed by atoms with van der Waals surface area (Å²) in [6, 6.07) is 8.13. The summed E-state index contributed by atoms with van der Waals surface area (Å²) in [6.45, 7) is 0.672. The van der Waals surface area contributed by atoms with Crippen molar-refractivity contribution in [2.24, 2.45) is 7.05 Å². The minimum Gasteiger partial charge on any atom is -0.350 e. The lowest BCUT2D eigenvalue weighted by Gasteiger charge is -2.08. The van der Waals surface area contributed by atoms with Gasteiger partial charge in [0.1, 0.15) is 0 Å². The standard InChI is InChI=1S/C14H16N2O2S/c1-16-9-11(13-4-2-3-5-14(13)16)8-15-12-6-7-19(17,18)10-12/h2-7,9,12,15H,8,10H2,1H3. The SMILES string of the molecule is Cn1cc(CNC2C=CS(=O)(=O)C2)c2ccccc21. The molecular weight excluding hydrogens is 260 g/mol. The Bertz CT molecular complexity index is 744. The van der Waals surface area contributed by atoms with E-state index < -0.39 is 9.84 Å². The van der Waals surface area contributed by atoms with Gasteiger partial charge < -0.3 is 9.88 Å². The van der Waals surface area contributed by atoms with Gasteiger partial charge in [-0.1, -0.05) is 24.3 Å². The number of aryl methyl sites for hydroxylation is 1. The van der Waals surface area contributed by atoms with Crippen LogP contribution in [0.2, 0.25) is 0 Å². The van der Waals surface area contributed by atoms with Crippen LogP contribution in [0.5, 0.6) is 0 Å². The minimum absolute atomic E-state index is 0.0797. The van der Waals surface area contributed by atoms with Gasteiger partial charge in [0, 0.05) is 42.1 Å². The molecule has 4 nitrogen and oxygen atoms in total. The first-order valence-electron chi connectivity index (χ1n) is 6.22. The van der Waals surface area contributed by atoms with Gasteiger partial charge >= 0.3 is 0 Å². The molecule has 1 atom stereocenters. The molecule has 100 valence electrons. The molecule has 0 bridgehead atoms. The van der Waals surface area contributed by atoms with Crippen molar-refractivity contribution >= 4 is 20.7 Å².